The van der Waals surface area contributed by atoms with Crippen molar-refractivity contribution in [1.29, 1.82) is 0 Å². The second-order valence-electron chi connectivity index (χ2n) is 5.29. The summed E-state index contributed by atoms with van der Waals surface area (Å²) in [5.74, 6) is 0. The third-order valence-corrected chi connectivity index (χ3v) is 4.01. The number of hydrogen-bond donors (Lipinski definition) is 2. The van der Waals surface area contributed by atoms with Crippen molar-refractivity contribution >= 4 is 22.6 Å². The van der Waals surface area contributed by atoms with E-state index in [2.05, 4.69) is 27.1 Å². The van der Waals surface area contributed by atoms with E-state index < -0.39 is 0 Å². The van der Waals surface area contributed by atoms with E-state index in [-0.39, 0.29) is 6.03 Å². The van der Waals surface area contributed by atoms with Crippen molar-refractivity contribution in [2.45, 2.75) is 13.1 Å². The van der Waals surface area contributed by atoms with Crippen molar-refractivity contribution in [3.8, 4) is 0 Å². The second kappa shape index (κ2) is 4.70. The van der Waals surface area contributed by atoms with E-state index in [1.54, 1.807) is 0 Å². The van der Waals surface area contributed by atoms with Crippen LogP contribution in [0.5, 0.6) is 0 Å². The molecular formula is C16H16N4O. The van der Waals surface area contributed by atoms with E-state index in [1.165, 1.54) is 5.69 Å². The fourth-order valence-electron chi connectivity index (χ4n) is 2.88. The quantitative estimate of drug-likeness (QED) is 0.707. The standard InChI is InChI=1S/C16H16N4O/c21-16(20-10-9-19-8-2-3-12(19)11-20)18-15-5-1-4-14-13(15)6-7-17-14/h1-8,17H,9-11H2,(H,18,21). The molecule has 2 aromatic heterocycles. The number of amides is 2. The number of anilines is 1. The van der Waals surface area contributed by atoms with Crippen LogP contribution >= 0.6 is 0 Å². The van der Waals surface area contributed by atoms with Crippen molar-refractivity contribution in [2.24, 2.45) is 0 Å². The van der Waals surface area contributed by atoms with Gasteiger partial charge in [0.05, 0.1) is 12.2 Å². The molecule has 3 aromatic rings. The van der Waals surface area contributed by atoms with Crippen molar-refractivity contribution in [3.63, 3.8) is 0 Å². The maximum absolute atomic E-state index is 12.5. The fraction of sp³-hybridized carbons (Fsp3) is 0.188. The van der Waals surface area contributed by atoms with Crippen molar-refractivity contribution in [2.75, 3.05) is 11.9 Å². The Labute approximate surface area is 122 Å². The molecule has 1 aromatic carbocycles. The van der Waals surface area contributed by atoms with Gasteiger partial charge in [0, 0.05) is 42.1 Å². The topological polar surface area (TPSA) is 53.1 Å². The zero-order valence-corrected chi connectivity index (χ0v) is 11.5. The Hall–Kier alpha value is -2.69. The largest absolute Gasteiger partial charge is 0.361 e. The van der Waals surface area contributed by atoms with Gasteiger partial charge in [-0.3, -0.25) is 0 Å². The molecule has 0 saturated carbocycles. The lowest BCUT2D eigenvalue weighted by molar-refractivity contribution is 0.197. The molecule has 1 aliphatic rings. The fourth-order valence-corrected chi connectivity index (χ4v) is 2.88. The molecule has 4 rings (SSSR count). The molecule has 21 heavy (non-hydrogen) atoms. The average molecular weight is 280 g/mol. The van der Waals surface area contributed by atoms with Crippen LogP contribution in [0.3, 0.4) is 0 Å². The van der Waals surface area contributed by atoms with Gasteiger partial charge in [0.25, 0.3) is 0 Å². The summed E-state index contributed by atoms with van der Waals surface area (Å²) < 4.78 is 2.19. The summed E-state index contributed by atoms with van der Waals surface area (Å²) in [6, 6.07) is 11.9. The van der Waals surface area contributed by atoms with Crippen LogP contribution in [0.25, 0.3) is 10.9 Å². The molecule has 0 aliphatic carbocycles. The second-order valence-corrected chi connectivity index (χ2v) is 5.29. The summed E-state index contributed by atoms with van der Waals surface area (Å²) in [6.07, 6.45) is 3.94. The van der Waals surface area contributed by atoms with Crippen LogP contribution in [-0.2, 0) is 13.1 Å². The van der Waals surface area contributed by atoms with E-state index in [9.17, 15) is 4.79 Å². The number of carbonyl (C=O) groups excluding carboxylic acids is 1. The molecule has 3 heterocycles. The Bertz CT molecular complexity index is 801. The van der Waals surface area contributed by atoms with Crippen LogP contribution < -0.4 is 5.32 Å². The monoisotopic (exact) mass is 280 g/mol. The van der Waals surface area contributed by atoms with Crippen molar-refractivity contribution < 1.29 is 4.79 Å². The minimum absolute atomic E-state index is 0.0452. The van der Waals surface area contributed by atoms with Crippen molar-refractivity contribution in [3.05, 3.63) is 54.5 Å². The SMILES string of the molecule is O=C(Nc1cccc2[nH]ccc12)N1CCn2cccc2C1. The molecule has 2 N–H and O–H groups in total. The highest BCUT2D eigenvalue weighted by Gasteiger charge is 2.20. The summed E-state index contributed by atoms with van der Waals surface area (Å²) in [5.41, 5.74) is 3.05. The van der Waals surface area contributed by atoms with Gasteiger partial charge in [0.1, 0.15) is 0 Å². The van der Waals surface area contributed by atoms with Crippen LogP contribution in [-0.4, -0.2) is 27.0 Å². The van der Waals surface area contributed by atoms with Gasteiger partial charge in [-0.1, -0.05) is 6.07 Å². The molecule has 0 atom stereocenters. The molecule has 5 nitrogen and oxygen atoms in total. The number of nitrogens with one attached hydrogen (secondary N) is 2. The van der Waals surface area contributed by atoms with E-state index in [4.69, 9.17) is 0 Å². The highest BCUT2D eigenvalue weighted by molar-refractivity contribution is 6.00. The number of benzene rings is 1. The first-order chi connectivity index (χ1) is 10.3. The Morgan fingerprint density at radius 3 is 3.05 bits per heavy atom. The van der Waals surface area contributed by atoms with Gasteiger partial charge in [0.15, 0.2) is 0 Å². The maximum atomic E-state index is 12.5. The predicted molar refractivity (Wildman–Crippen MR) is 82.2 cm³/mol. The first kappa shape index (κ1) is 12.1. The van der Waals surface area contributed by atoms with Crippen molar-refractivity contribution in [1.82, 2.24) is 14.5 Å². The molecule has 0 saturated heterocycles. The van der Waals surface area contributed by atoms with Crippen LogP contribution in [0, 0.1) is 0 Å². The van der Waals surface area contributed by atoms with E-state index in [1.807, 2.05) is 41.4 Å². The van der Waals surface area contributed by atoms with Gasteiger partial charge < -0.3 is 19.8 Å². The predicted octanol–water partition coefficient (Wildman–Crippen LogP) is 3.02. The maximum Gasteiger partial charge on any atom is 0.322 e. The Morgan fingerprint density at radius 2 is 2.10 bits per heavy atom. The van der Waals surface area contributed by atoms with Gasteiger partial charge in [0.2, 0.25) is 0 Å². The third kappa shape index (κ3) is 2.07. The number of nitrogens with zero attached hydrogens (tertiary/aromatic N) is 2. The molecule has 0 fully saturated rings. The highest BCUT2D eigenvalue weighted by Crippen LogP contribution is 2.23. The molecule has 5 heteroatoms. The number of urea groups is 1. The van der Waals surface area contributed by atoms with Crippen LogP contribution in [0.15, 0.2) is 48.8 Å². The summed E-state index contributed by atoms with van der Waals surface area (Å²) in [5, 5.41) is 4.06. The van der Waals surface area contributed by atoms with E-state index in [0.29, 0.717) is 6.54 Å². The lowest BCUT2D eigenvalue weighted by Gasteiger charge is -2.28. The smallest absolute Gasteiger partial charge is 0.322 e. The third-order valence-electron chi connectivity index (χ3n) is 4.01. The van der Waals surface area contributed by atoms with Crippen LogP contribution in [0.4, 0.5) is 10.5 Å². The number of hydrogen-bond acceptors (Lipinski definition) is 1. The number of fused-ring (bicyclic) bond motifs is 2. The summed E-state index contributed by atoms with van der Waals surface area (Å²) >= 11 is 0. The van der Waals surface area contributed by atoms with Crippen LogP contribution in [0.2, 0.25) is 0 Å². The van der Waals surface area contributed by atoms with Gasteiger partial charge >= 0.3 is 6.03 Å². The first-order valence-corrected chi connectivity index (χ1v) is 7.07. The van der Waals surface area contributed by atoms with E-state index >= 15 is 0 Å². The minimum Gasteiger partial charge on any atom is -0.361 e. The first-order valence-electron chi connectivity index (χ1n) is 7.07. The Kier molecular flexibility index (Phi) is 2.70. The Balaban J connectivity index is 1.55. The zero-order chi connectivity index (χ0) is 14.2. The molecule has 2 amide bonds. The molecular weight excluding hydrogens is 264 g/mol. The molecule has 0 bridgehead atoms. The lowest BCUT2D eigenvalue weighted by atomic mass is 10.2. The number of rotatable bonds is 1. The van der Waals surface area contributed by atoms with Gasteiger partial charge in [-0.2, -0.15) is 0 Å². The zero-order valence-electron chi connectivity index (χ0n) is 11.5. The molecule has 0 radical (unpaired) electrons. The van der Waals surface area contributed by atoms with Gasteiger partial charge in [-0.05, 0) is 30.3 Å². The van der Waals surface area contributed by atoms with E-state index in [0.717, 1.165) is 29.7 Å². The van der Waals surface area contributed by atoms with Crippen LogP contribution in [0.1, 0.15) is 5.69 Å². The summed E-state index contributed by atoms with van der Waals surface area (Å²) in [7, 11) is 0. The lowest BCUT2D eigenvalue weighted by Crippen LogP contribution is -2.40. The molecule has 0 spiro atoms. The minimum atomic E-state index is -0.0452. The van der Waals surface area contributed by atoms with Gasteiger partial charge in [-0.25, -0.2) is 4.79 Å². The summed E-state index contributed by atoms with van der Waals surface area (Å²) in [4.78, 5) is 17.5. The summed E-state index contributed by atoms with van der Waals surface area (Å²) in [6.45, 7) is 2.24. The average Bonchev–Trinajstić information content (AvgIpc) is 3.15. The molecule has 1 aliphatic heterocycles. The normalized spacial score (nSPS) is 14.2. The number of carbonyl (C=O) groups is 1. The molecule has 0 unspecified atom stereocenters. The Morgan fingerprint density at radius 1 is 1.14 bits per heavy atom. The number of aromatic nitrogens is 2. The highest BCUT2D eigenvalue weighted by atomic mass is 16.2. The molecule has 106 valence electrons. The van der Waals surface area contributed by atoms with Gasteiger partial charge in [-0.15, -0.1) is 0 Å². The number of H-pyrrole nitrogens is 1. The number of aromatic amines is 1.